The summed E-state index contributed by atoms with van der Waals surface area (Å²) < 4.78 is 5.49. The molecule has 0 bridgehead atoms. The summed E-state index contributed by atoms with van der Waals surface area (Å²) in [5.41, 5.74) is 0. The van der Waals surface area contributed by atoms with Gasteiger partial charge >= 0.3 is 0 Å². The van der Waals surface area contributed by atoms with Crippen LogP contribution < -0.4 is 5.32 Å². The molecule has 6 heteroatoms. The van der Waals surface area contributed by atoms with Crippen molar-refractivity contribution in [3.63, 3.8) is 0 Å². The predicted molar refractivity (Wildman–Crippen MR) is 68.7 cm³/mol. The Morgan fingerprint density at radius 1 is 1.39 bits per heavy atom. The highest BCUT2D eigenvalue weighted by Gasteiger charge is 2.27. The quantitative estimate of drug-likeness (QED) is 0.889. The van der Waals surface area contributed by atoms with Gasteiger partial charge < -0.3 is 10.1 Å². The zero-order chi connectivity index (χ0) is 12.4. The van der Waals surface area contributed by atoms with Crippen molar-refractivity contribution in [1.29, 1.82) is 0 Å². The van der Waals surface area contributed by atoms with Crippen LogP contribution in [-0.4, -0.2) is 28.8 Å². The summed E-state index contributed by atoms with van der Waals surface area (Å²) in [5.74, 6) is 0.615. The first-order valence-electron chi connectivity index (χ1n) is 6.56. The summed E-state index contributed by atoms with van der Waals surface area (Å²) in [6.45, 7) is 0.841. The molecule has 98 valence electrons. The van der Waals surface area contributed by atoms with Gasteiger partial charge in [0.05, 0.1) is 6.10 Å². The summed E-state index contributed by atoms with van der Waals surface area (Å²) >= 11 is 1.50. The molecule has 2 fully saturated rings. The monoisotopic (exact) mass is 267 g/mol. The second kappa shape index (κ2) is 5.32. The van der Waals surface area contributed by atoms with Crippen molar-refractivity contribution >= 4 is 22.4 Å². The third-order valence-electron chi connectivity index (χ3n) is 3.33. The van der Waals surface area contributed by atoms with Gasteiger partial charge in [0.2, 0.25) is 11.0 Å². The number of amides is 1. The van der Waals surface area contributed by atoms with Gasteiger partial charge in [0.15, 0.2) is 0 Å². The molecular weight excluding hydrogens is 250 g/mol. The largest absolute Gasteiger partial charge is 0.378 e. The highest BCUT2D eigenvalue weighted by atomic mass is 32.1. The third-order valence-corrected chi connectivity index (χ3v) is 4.33. The van der Waals surface area contributed by atoms with Gasteiger partial charge in [-0.15, -0.1) is 10.2 Å². The first kappa shape index (κ1) is 12.0. The molecule has 0 unspecified atom stereocenters. The number of nitrogens with one attached hydrogen (secondary N) is 1. The van der Waals surface area contributed by atoms with Crippen LogP contribution in [0.5, 0.6) is 0 Å². The standard InChI is InChI=1S/C12H17N3O2S/c16-10(6-5-9-2-1-7-17-9)13-12-15-14-11(18-12)8-3-4-8/h8-9H,1-7H2,(H,13,15,16)/t9-/m0/s1. The number of anilines is 1. The van der Waals surface area contributed by atoms with E-state index in [-0.39, 0.29) is 12.0 Å². The van der Waals surface area contributed by atoms with Gasteiger partial charge in [0.1, 0.15) is 5.01 Å². The number of ether oxygens (including phenoxy) is 1. The molecule has 1 amide bonds. The maximum atomic E-state index is 11.7. The van der Waals surface area contributed by atoms with Crippen molar-refractivity contribution in [2.45, 2.75) is 50.5 Å². The van der Waals surface area contributed by atoms with Crippen LogP contribution in [0.25, 0.3) is 0 Å². The van der Waals surface area contributed by atoms with Gasteiger partial charge in [-0.3, -0.25) is 4.79 Å². The first-order chi connectivity index (χ1) is 8.81. The van der Waals surface area contributed by atoms with Crippen molar-refractivity contribution in [2.24, 2.45) is 0 Å². The Morgan fingerprint density at radius 3 is 3.00 bits per heavy atom. The Labute approximate surface area is 110 Å². The minimum atomic E-state index is 0.0176. The van der Waals surface area contributed by atoms with E-state index in [2.05, 4.69) is 15.5 Å². The van der Waals surface area contributed by atoms with Crippen LogP contribution in [0.15, 0.2) is 0 Å². The van der Waals surface area contributed by atoms with Gasteiger partial charge in [0.25, 0.3) is 0 Å². The van der Waals surface area contributed by atoms with Crippen molar-refractivity contribution < 1.29 is 9.53 Å². The molecule has 1 aliphatic carbocycles. The van der Waals surface area contributed by atoms with E-state index in [4.69, 9.17) is 4.74 Å². The molecule has 5 nitrogen and oxygen atoms in total. The van der Waals surface area contributed by atoms with E-state index >= 15 is 0 Å². The predicted octanol–water partition coefficient (Wildman–Crippen LogP) is 2.31. The van der Waals surface area contributed by atoms with Gasteiger partial charge in [-0.2, -0.15) is 0 Å². The van der Waals surface area contributed by atoms with Crippen molar-refractivity contribution in [3.05, 3.63) is 5.01 Å². The molecule has 1 saturated carbocycles. The SMILES string of the molecule is O=C(CC[C@@H]1CCCO1)Nc1nnc(C2CC2)s1. The molecule has 1 aliphatic heterocycles. The maximum absolute atomic E-state index is 11.7. The van der Waals surface area contributed by atoms with Crippen molar-refractivity contribution in [3.8, 4) is 0 Å². The molecule has 1 aromatic rings. The zero-order valence-corrected chi connectivity index (χ0v) is 11.0. The number of carbonyl (C=O) groups is 1. The van der Waals surface area contributed by atoms with E-state index in [1.807, 2.05) is 0 Å². The van der Waals surface area contributed by atoms with Crippen LogP contribution in [0.3, 0.4) is 0 Å². The molecule has 18 heavy (non-hydrogen) atoms. The van der Waals surface area contributed by atoms with Crippen LogP contribution >= 0.6 is 11.3 Å². The van der Waals surface area contributed by atoms with E-state index in [9.17, 15) is 4.79 Å². The summed E-state index contributed by atoms with van der Waals surface area (Å²) in [6.07, 6.45) is 6.20. The first-order valence-corrected chi connectivity index (χ1v) is 7.38. The van der Waals surface area contributed by atoms with Crippen LogP contribution in [0.1, 0.15) is 49.5 Å². The number of carbonyl (C=O) groups excluding carboxylic acids is 1. The summed E-state index contributed by atoms with van der Waals surface area (Å²) in [7, 11) is 0. The molecule has 1 N–H and O–H groups in total. The zero-order valence-electron chi connectivity index (χ0n) is 10.2. The number of aromatic nitrogens is 2. The molecule has 0 aromatic carbocycles. The lowest BCUT2D eigenvalue weighted by molar-refractivity contribution is -0.116. The lowest BCUT2D eigenvalue weighted by Crippen LogP contribution is -2.15. The number of hydrogen-bond acceptors (Lipinski definition) is 5. The molecule has 0 radical (unpaired) electrons. The summed E-state index contributed by atoms with van der Waals surface area (Å²) in [5, 5.41) is 12.6. The van der Waals surface area contributed by atoms with Crippen LogP contribution in [0.2, 0.25) is 0 Å². The molecule has 1 aromatic heterocycles. The third kappa shape index (κ3) is 3.05. The minimum Gasteiger partial charge on any atom is -0.378 e. The van der Waals surface area contributed by atoms with Crippen molar-refractivity contribution in [1.82, 2.24) is 10.2 Å². The Hall–Kier alpha value is -1.01. The molecule has 2 heterocycles. The Morgan fingerprint density at radius 2 is 2.28 bits per heavy atom. The minimum absolute atomic E-state index is 0.0176. The topological polar surface area (TPSA) is 64.1 Å². The average Bonchev–Trinajstić information content (AvgIpc) is 2.90. The fraction of sp³-hybridized carbons (Fsp3) is 0.750. The lowest BCUT2D eigenvalue weighted by Gasteiger charge is -2.07. The smallest absolute Gasteiger partial charge is 0.226 e. The second-order valence-corrected chi connectivity index (χ2v) is 5.95. The highest BCUT2D eigenvalue weighted by Crippen LogP contribution is 2.42. The highest BCUT2D eigenvalue weighted by molar-refractivity contribution is 7.15. The fourth-order valence-electron chi connectivity index (χ4n) is 2.13. The molecule has 3 rings (SSSR count). The second-order valence-electron chi connectivity index (χ2n) is 4.94. The van der Waals surface area contributed by atoms with E-state index in [0.29, 0.717) is 17.5 Å². The van der Waals surface area contributed by atoms with E-state index < -0.39 is 0 Å². The average molecular weight is 267 g/mol. The molecule has 2 aliphatic rings. The van der Waals surface area contributed by atoms with Crippen molar-refractivity contribution in [2.75, 3.05) is 11.9 Å². The number of hydrogen-bond donors (Lipinski definition) is 1. The summed E-state index contributed by atoms with van der Waals surface area (Å²) in [6, 6.07) is 0. The van der Waals surface area contributed by atoms with Gasteiger partial charge in [-0.05, 0) is 32.1 Å². The maximum Gasteiger partial charge on any atom is 0.226 e. The van der Waals surface area contributed by atoms with Gasteiger partial charge in [-0.1, -0.05) is 11.3 Å². The summed E-state index contributed by atoms with van der Waals surface area (Å²) in [4.78, 5) is 11.7. The van der Waals surface area contributed by atoms with E-state index in [1.54, 1.807) is 0 Å². The lowest BCUT2D eigenvalue weighted by atomic mass is 10.1. The van der Waals surface area contributed by atoms with E-state index in [1.165, 1.54) is 24.2 Å². The number of nitrogens with zero attached hydrogens (tertiary/aromatic N) is 2. The molecule has 0 spiro atoms. The Balaban J connectivity index is 1.44. The Bertz CT molecular complexity index is 425. The van der Waals surface area contributed by atoms with Crippen LogP contribution in [0.4, 0.5) is 5.13 Å². The van der Waals surface area contributed by atoms with Crippen LogP contribution in [-0.2, 0) is 9.53 Å². The van der Waals surface area contributed by atoms with Crippen LogP contribution in [0, 0.1) is 0 Å². The fourth-order valence-corrected chi connectivity index (χ4v) is 3.05. The number of rotatable bonds is 5. The van der Waals surface area contributed by atoms with Gasteiger partial charge in [0, 0.05) is 18.9 Å². The van der Waals surface area contributed by atoms with E-state index in [0.717, 1.165) is 30.9 Å². The normalized spacial score (nSPS) is 23.2. The van der Waals surface area contributed by atoms with Gasteiger partial charge in [-0.25, -0.2) is 0 Å². The molecule has 1 atom stereocenters. The Kier molecular flexibility index (Phi) is 3.56. The molecule has 1 saturated heterocycles. The molecular formula is C12H17N3O2S.